The molecule has 0 unspecified atom stereocenters. The lowest BCUT2D eigenvalue weighted by Gasteiger charge is -2.03. The highest BCUT2D eigenvalue weighted by Gasteiger charge is 2.07. The molecule has 84 valence electrons. The highest BCUT2D eigenvalue weighted by atomic mass is 19.1. The summed E-state index contributed by atoms with van der Waals surface area (Å²) in [5.41, 5.74) is 1.69. The van der Waals surface area contributed by atoms with Crippen molar-refractivity contribution in [3.8, 4) is 0 Å². The molecule has 0 aromatic carbocycles. The molecule has 0 radical (unpaired) electrons. The summed E-state index contributed by atoms with van der Waals surface area (Å²) in [6.07, 6.45) is 6.17. The van der Waals surface area contributed by atoms with E-state index >= 15 is 0 Å². The van der Waals surface area contributed by atoms with Crippen molar-refractivity contribution in [1.29, 1.82) is 0 Å². The average Bonchev–Trinajstić information content (AvgIpc) is 2.76. The Labute approximate surface area is 96.0 Å². The van der Waals surface area contributed by atoms with E-state index < -0.39 is 5.95 Å². The minimum Gasteiger partial charge on any atom is -0.309 e. The number of hydrogen-bond acceptors (Lipinski definition) is 4. The van der Waals surface area contributed by atoms with Gasteiger partial charge in [-0.15, -0.1) is 0 Å². The Hall–Kier alpha value is -2.37. The maximum absolute atomic E-state index is 13.4. The van der Waals surface area contributed by atoms with Gasteiger partial charge in [-0.25, -0.2) is 19.9 Å². The number of hydrogen-bond donors (Lipinski definition) is 0. The predicted octanol–water partition coefficient (Wildman–Crippen LogP) is 1.41. The first-order valence-corrected chi connectivity index (χ1v) is 5.06. The predicted molar refractivity (Wildman–Crippen MR) is 58.6 cm³/mol. The van der Waals surface area contributed by atoms with E-state index in [9.17, 15) is 4.39 Å². The molecule has 3 heterocycles. The van der Waals surface area contributed by atoms with E-state index in [1.165, 1.54) is 6.20 Å². The molecule has 0 spiro atoms. The molecule has 0 saturated heterocycles. The third-order valence-electron chi connectivity index (χ3n) is 2.43. The second-order valence-electron chi connectivity index (χ2n) is 3.53. The first kappa shape index (κ1) is 9.83. The van der Waals surface area contributed by atoms with E-state index in [-0.39, 0.29) is 0 Å². The first-order valence-electron chi connectivity index (χ1n) is 5.06. The van der Waals surface area contributed by atoms with Crippen LogP contribution in [0.3, 0.4) is 0 Å². The fourth-order valence-corrected chi connectivity index (χ4v) is 1.63. The maximum Gasteiger partial charge on any atom is 0.217 e. The molecule has 0 aliphatic carbocycles. The van der Waals surface area contributed by atoms with E-state index in [1.54, 1.807) is 35.4 Å². The van der Waals surface area contributed by atoms with Gasteiger partial charge in [0, 0.05) is 24.2 Å². The first-order chi connectivity index (χ1) is 8.34. The van der Waals surface area contributed by atoms with Gasteiger partial charge in [0.05, 0.1) is 12.9 Å². The van der Waals surface area contributed by atoms with Crippen molar-refractivity contribution in [2.24, 2.45) is 0 Å². The second kappa shape index (κ2) is 3.89. The van der Waals surface area contributed by atoms with Gasteiger partial charge in [0.2, 0.25) is 5.95 Å². The smallest absolute Gasteiger partial charge is 0.217 e. The number of pyridine rings is 1. The van der Waals surface area contributed by atoms with Crippen molar-refractivity contribution in [3.05, 3.63) is 48.6 Å². The summed E-state index contributed by atoms with van der Waals surface area (Å²) >= 11 is 0. The van der Waals surface area contributed by atoms with Crippen LogP contribution in [0.15, 0.2) is 37.1 Å². The Morgan fingerprint density at radius 3 is 2.82 bits per heavy atom. The molecule has 0 atom stereocenters. The molecule has 5 nitrogen and oxygen atoms in total. The zero-order valence-electron chi connectivity index (χ0n) is 8.79. The summed E-state index contributed by atoms with van der Waals surface area (Å²) in [6.45, 7) is 0.342. The van der Waals surface area contributed by atoms with Crippen LogP contribution >= 0.6 is 0 Å². The van der Waals surface area contributed by atoms with Crippen LogP contribution in [0, 0.1) is 5.95 Å². The second-order valence-corrected chi connectivity index (χ2v) is 3.53. The molecule has 0 N–H and O–H groups in total. The summed E-state index contributed by atoms with van der Waals surface area (Å²) in [4.78, 5) is 15.9. The van der Waals surface area contributed by atoms with E-state index in [2.05, 4.69) is 19.9 Å². The zero-order valence-corrected chi connectivity index (χ0v) is 8.79. The SMILES string of the molecule is Fc1ncccc1Cn1cnc2nccnc21. The van der Waals surface area contributed by atoms with Crippen LogP contribution in [-0.4, -0.2) is 24.5 Å². The van der Waals surface area contributed by atoms with E-state index in [0.29, 0.717) is 23.4 Å². The summed E-state index contributed by atoms with van der Waals surface area (Å²) in [5.74, 6) is -0.474. The number of halogens is 1. The van der Waals surface area contributed by atoms with Crippen LogP contribution in [0.25, 0.3) is 11.3 Å². The van der Waals surface area contributed by atoms with Crippen LogP contribution in [0.1, 0.15) is 5.56 Å². The molecule has 3 aromatic rings. The molecule has 0 saturated carbocycles. The van der Waals surface area contributed by atoms with Crippen molar-refractivity contribution in [3.63, 3.8) is 0 Å². The zero-order chi connectivity index (χ0) is 11.7. The van der Waals surface area contributed by atoms with Crippen molar-refractivity contribution >= 4 is 11.3 Å². The molecule has 0 aliphatic heterocycles. The molecule has 0 amide bonds. The number of aromatic nitrogens is 5. The van der Waals surface area contributed by atoms with Crippen molar-refractivity contribution in [1.82, 2.24) is 24.5 Å². The van der Waals surface area contributed by atoms with Gasteiger partial charge >= 0.3 is 0 Å². The van der Waals surface area contributed by atoms with Gasteiger partial charge in [0.25, 0.3) is 0 Å². The van der Waals surface area contributed by atoms with E-state index in [1.807, 2.05) is 0 Å². The quantitative estimate of drug-likeness (QED) is 0.623. The molecule has 3 aromatic heterocycles. The van der Waals surface area contributed by atoms with Gasteiger partial charge in [-0.2, -0.15) is 4.39 Å². The highest BCUT2D eigenvalue weighted by Crippen LogP contribution is 2.10. The van der Waals surface area contributed by atoms with E-state index in [0.717, 1.165) is 0 Å². The molecular formula is C11H8FN5. The standard InChI is InChI=1S/C11H8FN5/c12-9-8(2-1-3-13-9)6-17-7-16-10-11(17)15-5-4-14-10/h1-5,7H,6H2. The van der Waals surface area contributed by atoms with Crippen molar-refractivity contribution in [2.45, 2.75) is 6.54 Å². The average molecular weight is 229 g/mol. The molecule has 0 bridgehead atoms. The Bertz CT molecular complexity index is 664. The van der Waals surface area contributed by atoms with Gasteiger partial charge in [-0.05, 0) is 6.07 Å². The summed E-state index contributed by atoms with van der Waals surface area (Å²) in [6, 6.07) is 3.38. The molecular weight excluding hydrogens is 221 g/mol. The Kier molecular flexibility index (Phi) is 2.25. The monoisotopic (exact) mass is 229 g/mol. The van der Waals surface area contributed by atoms with Gasteiger partial charge in [-0.1, -0.05) is 6.07 Å². The van der Waals surface area contributed by atoms with Gasteiger partial charge in [0.15, 0.2) is 11.3 Å². The third-order valence-corrected chi connectivity index (χ3v) is 2.43. The third kappa shape index (κ3) is 1.73. The minimum atomic E-state index is -0.474. The van der Waals surface area contributed by atoms with Crippen molar-refractivity contribution in [2.75, 3.05) is 0 Å². The lowest BCUT2D eigenvalue weighted by molar-refractivity contribution is 0.559. The minimum absolute atomic E-state index is 0.342. The van der Waals surface area contributed by atoms with E-state index in [4.69, 9.17) is 0 Å². The normalized spacial score (nSPS) is 10.9. The fourth-order valence-electron chi connectivity index (χ4n) is 1.63. The highest BCUT2D eigenvalue weighted by molar-refractivity contribution is 5.64. The summed E-state index contributed by atoms with van der Waals surface area (Å²) in [5, 5.41) is 0. The topological polar surface area (TPSA) is 56.5 Å². The molecule has 0 fully saturated rings. The fraction of sp³-hybridized carbons (Fsp3) is 0.0909. The Morgan fingerprint density at radius 1 is 1.06 bits per heavy atom. The van der Waals surface area contributed by atoms with Crippen LogP contribution in [0.2, 0.25) is 0 Å². The van der Waals surface area contributed by atoms with Crippen molar-refractivity contribution < 1.29 is 4.39 Å². The molecule has 6 heteroatoms. The van der Waals surface area contributed by atoms with Crippen LogP contribution < -0.4 is 0 Å². The lowest BCUT2D eigenvalue weighted by Crippen LogP contribution is -2.02. The Morgan fingerprint density at radius 2 is 1.94 bits per heavy atom. The van der Waals surface area contributed by atoms with Gasteiger partial charge < -0.3 is 4.57 Å². The number of imidazole rings is 1. The van der Waals surface area contributed by atoms with Gasteiger partial charge in [0.1, 0.15) is 0 Å². The molecule has 17 heavy (non-hydrogen) atoms. The summed E-state index contributed by atoms with van der Waals surface area (Å²) in [7, 11) is 0. The van der Waals surface area contributed by atoms with Crippen LogP contribution in [-0.2, 0) is 6.54 Å². The molecule has 3 rings (SSSR count). The van der Waals surface area contributed by atoms with Crippen LogP contribution in [0.5, 0.6) is 0 Å². The number of rotatable bonds is 2. The largest absolute Gasteiger partial charge is 0.309 e. The number of nitrogens with zero attached hydrogens (tertiary/aromatic N) is 5. The molecule has 0 aliphatic rings. The Balaban J connectivity index is 2.03. The van der Waals surface area contributed by atoms with Crippen LogP contribution in [0.4, 0.5) is 4.39 Å². The summed E-state index contributed by atoms with van der Waals surface area (Å²) < 4.78 is 15.1. The van der Waals surface area contributed by atoms with Gasteiger partial charge in [-0.3, -0.25) is 0 Å². The number of fused-ring (bicyclic) bond motifs is 1. The maximum atomic E-state index is 13.4. The lowest BCUT2D eigenvalue weighted by atomic mass is 10.3.